The third-order valence-electron chi connectivity index (χ3n) is 3.34. The average molecular weight is 247 g/mol. The van der Waals surface area contributed by atoms with Crippen LogP contribution in [0, 0.1) is 16.7 Å². The van der Waals surface area contributed by atoms with Crippen molar-refractivity contribution in [3.63, 3.8) is 0 Å². The minimum absolute atomic E-state index is 0.0241. The van der Waals surface area contributed by atoms with Crippen LogP contribution >= 0.6 is 0 Å². The van der Waals surface area contributed by atoms with Crippen molar-refractivity contribution < 1.29 is 18.3 Å². The molecular weight excluding hydrogens is 230 g/mol. The van der Waals surface area contributed by atoms with Gasteiger partial charge in [-0.3, -0.25) is 0 Å². The maximum atomic E-state index is 11.4. The summed E-state index contributed by atoms with van der Waals surface area (Å²) in [5, 5.41) is 19.4. The Balaban J connectivity index is 2.95. The van der Waals surface area contributed by atoms with Crippen LogP contribution < -0.4 is 0 Å². The summed E-state index contributed by atoms with van der Waals surface area (Å²) < 4.78 is 27.7. The molecule has 6 heteroatoms. The Morgan fingerprint density at radius 1 is 1.62 bits per heavy atom. The Labute approximate surface area is 95.9 Å². The number of sulfone groups is 1. The summed E-state index contributed by atoms with van der Waals surface area (Å²) in [6.07, 6.45) is 0.453. The molecule has 0 spiro atoms. The molecule has 0 amide bonds. The lowest BCUT2D eigenvalue weighted by atomic mass is 9.72. The second-order valence-corrected chi connectivity index (χ2v) is 6.74. The molecule has 1 aliphatic heterocycles. The zero-order valence-corrected chi connectivity index (χ0v) is 10.4. The topological polar surface area (TPSA) is 87.4 Å². The number of nitrogens with zero attached hydrogens (tertiary/aromatic N) is 1. The molecule has 0 aromatic rings. The van der Waals surface area contributed by atoms with E-state index in [1.807, 2.05) is 6.07 Å². The molecule has 1 N–H and O–H groups in total. The first-order valence-electron chi connectivity index (χ1n) is 5.12. The third kappa shape index (κ3) is 2.37. The van der Waals surface area contributed by atoms with E-state index in [-0.39, 0.29) is 24.3 Å². The van der Waals surface area contributed by atoms with E-state index >= 15 is 0 Å². The molecule has 0 saturated carbocycles. The van der Waals surface area contributed by atoms with Crippen LogP contribution in [0.4, 0.5) is 0 Å². The van der Waals surface area contributed by atoms with Gasteiger partial charge in [0, 0.05) is 20.1 Å². The molecule has 1 saturated heterocycles. The highest BCUT2D eigenvalue weighted by Crippen LogP contribution is 2.43. The predicted octanol–water partition coefficient (Wildman–Crippen LogP) is 0.102. The fraction of sp³-hybridized carbons (Fsp3) is 0.900. The van der Waals surface area contributed by atoms with Crippen molar-refractivity contribution in [2.45, 2.75) is 25.4 Å². The number of hydrogen-bond donors (Lipinski definition) is 1. The summed E-state index contributed by atoms with van der Waals surface area (Å²) in [5.41, 5.74) is -2.52. The quantitative estimate of drug-likeness (QED) is 0.761. The molecule has 0 bridgehead atoms. The number of methoxy groups -OCH3 is 1. The summed E-state index contributed by atoms with van der Waals surface area (Å²) in [4.78, 5) is 0. The summed E-state index contributed by atoms with van der Waals surface area (Å²) in [5.74, 6) is -0.281. The van der Waals surface area contributed by atoms with Crippen molar-refractivity contribution in [3.8, 4) is 6.07 Å². The molecule has 0 aromatic carbocycles. The summed E-state index contributed by atoms with van der Waals surface area (Å²) in [6.45, 7) is 1.81. The number of nitriles is 1. The van der Waals surface area contributed by atoms with Gasteiger partial charge in [-0.15, -0.1) is 0 Å². The zero-order chi connectivity index (χ0) is 12.4. The fourth-order valence-corrected chi connectivity index (χ4v) is 4.10. The molecule has 0 aromatic heterocycles. The Bertz CT molecular complexity index is 396. The highest BCUT2D eigenvalue weighted by molar-refractivity contribution is 7.91. The van der Waals surface area contributed by atoms with Gasteiger partial charge < -0.3 is 9.84 Å². The Morgan fingerprint density at radius 3 is 2.62 bits per heavy atom. The van der Waals surface area contributed by atoms with Gasteiger partial charge in [0.15, 0.2) is 9.84 Å². The first kappa shape index (κ1) is 13.4. The van der Waals surface area contributed by atoms with Gasteiger partial charge in [-0.2, -0.15) is 5.26 Å². The van der Waals surface area contributed by atoms with E-state index in [0.717, 1.165) is 0 Å². The Kier molecular flexibility index (Phi) is 3.62. The van der Waals surface area contributed by atoms with Gasteiger partial charge in [0.1, 0.15) is 5.41 Å². The maximum Gasteiger partial charge on any atom is 0.152 e. The van der Waals surface area contributed by atoms with Gasteiger partial charge >= 0.3 is 0 Å². The average Bonchev–Trinajstić information content (AvgIpc) is 2.53. The minimum Gasteiger partial charge on any atom is -0.388 e. The lowest BCUT2D eigenvalue weighted by molar-refractivity contribution is -0.0484. The highest BCUT2D eigenvalue weighted by Gasteiger charge is 2.54. The fourth-order valence-electron chi connectivity index (χ4n) is 2.02. The molecule has 5 nitrogen and oxygen atoms in total. The van der Waals surface area contributed by atoms with Crippen LogP contribution in [0.25, 0.3) is 0 Å². The molecule has 2 unspecified atom stereocenters. The van der Waals surface area contributed by atoms with E-state index < -0.39 is 20.9 Å². The first-order valence-corrected chi connectivity index (χ1v) is 6.94. The van der Waals surface area contributed by atoms with Crippen LogP contribution in [0.2, 0.25) is 0 Å². The standard InChI is InChI=1S/C10H17NO4S/c1-9(12,3-5-15-2)10(7-11)4-6-16(13,14)8-10/h12H,3-6,8H2,1-2H3. The van der Waals surface area contributed by atoms with Gasteiger partial charge in [-0.05, 0) is 13.3 Å². The van der Waals surface area contributed by atoms with Crippen LogP contribution in [0.15, 0.2) is 0 Å². The lowest BCUT2D eigenvalue weighted by Gasteiger charge is -2.36. The van der Waals surface area contributed by atoms with Crippen molar-refractivity contribution >= 4 is 9.84 Å². The molecular formula is C10H17NO4S. The number of ether oxygens (including phenoxy) is 1. The van der Waals surface area contributed by atoms with Crippen molar-refractivity contribution in [1.82, 2.24) is 0 Å². The van der Waals surface area contributed by atoms with E-state index in [4.69, 9.17) is 10.00 Å². The van der Waals surface area contributed by atoms with Gasteiger partial charge in [0.05, 0.1) is 23.2 Å². The summed E-state index contributed by atoms with van der Waals surface area (Å²) in [7, 11) is -1.70. The number of hydrogen-bond acceptors (Lipinski definition) is 5. The summed E-state index contributed by atoms with van der Waals surface area (Å²) in [6, 6.07) is 2.00. The van der Waals surface area contributed by atoms with Crippen molar-refractivity contribution in [2.24, 2.45) is 5.41 Å². The Morgan fingerprint density at radius 2 is 2.25 bits per heavy atom. The van der Waals surface area contributed by atoms with E-state index in [9.17, 15) is 13.5 Å². The van der Waals surface area contributed by atoms with Crippen LogP contribution in [0.3, 0.4) is 0 Å². The largest absolute Gasteiger partial charge is 0.388 e. The van der Waals surface area contributed by atoms with Gasteiger partial charge in [0.25, 0.3) is 0 Å². The third-order valence-corrected chi connectivity index (χ3v) is 5.10. The summed E-state index contributed by atoms with van der Waals surface area (Å²) >= 11 is 0. The van der Waals surface area contributed by atoms with Crippen LogP contribution in [0.5, 0.6) is 0 Å². The van der Waals surface area contributed by atoms with E-state index in [2.05, 4.69) is 0 Å². The minimum atomic E-state index is -3.20. The predicted molar refractivity (Wildman–Crippen MR) is 58.4 cm³/mol. The molecule has 0 aliphatic carbocycles. The molecule has 1 rings (SSSR count). The van der Waals surface area contributed by atoms with Crippen molar-refractivity contribution in [3.05, 3.63) is 0 Å². The lowest BCUT2D eigenvalue weighted by Crippen LogP contribution is -2.46. The van der Waals surface area contributed by atoms with Crippen molar-refractivity contribution in [1.29, 1.82) is 5.26 Å². The molecule has 1 heterocycles. The van der Waals surface area contributed by atoms with E-state index in [0.29, 0.717) is 6.61 Å². The van der Waals surface area contributed by atoms with Crippen LogP contribution in [-0.4, -0.2) is 44.3 Å². The zero-order valence-electron chi connectivity index (χ0n) is 9.56. The molecule has 1 fully saturated rings. The first-order chi connectivity index (χ1) is 7.29. The molecule has 2 atom stereocenters. The number of rotatable bonds is 4. The smallest absolute Gasteiger partial charge is 0.152 e. The molecule has 0 radical (unpaired) electrons. The normalized spacial score (nSPS) is 31.9. The maximum absolute atomic E-state index is 11.4. The second kappa shape index (κ2) is 4.32. The Hall–Kier alpha value is -0.640. The van der Waals surface area contributed by atoms with Gasteiger partial charge in [0.2, 0.25) is 0 Å². The van der Waals surface area contributed by atoms with E-state index in [1.54, 1.807) is 0 Å². The molecule has 1 aliphatic rings. The monoisotopic (exact) mass is 247 g/mol. The van der Waals surface area contributed by atoms with Gasteiger partial charge in [-0.1, -0.05) is 0 Å². The van der Waals surface area contributed by atoms with E-state index in [1.165, 1.54) is 14.0 Å². The van der Waals surface area contributed by atoms with Crippen LogP contribution in [-0.2, 0) is 14.6 Å². The highest BCUT2D eigenvalue weighted by atomic mass is 32.2. The van der Waals surface area contributed by atoms with Crippen molar-refractivity contribution in [2.75, 3.05) is 25.2 Å². The second-order valence-electron chi connectivity index (χ2n) is 4.55. The van der Waals surface area contributed by atoms with Gasteiger partial charge in [-0.25, -0.2) is 8.42 Å². The molecule has 16 heavy (non-hydrogen) atoms. The van der Waals surface area contributed by atoms with Crippen LogP contribution in [0.1, 0.15) is 19.8 Å². The number of aliphatic hydroxyl groups is 1. The SMILES string of the molecule is COCCC(C)(O)C1(C#N)CCS(=O)(=O)C1. The molecule has 92 valence electrons.